The van der Waals surface area contributed by atoms with Crippen molar-refractivity contribution in [3.8, 4) is 0 Å². The maximum atomic E-state index is 13.0. The van der Waals surface area contributed by atoms with Gasteiger partial charge in [-0.1, -0.05) is 35.8 Å². The Bertz CT molecular complexity index is 531. The molecule has 1 unspecified atom stereocenters. The Labute approximate surface area is 119 Å². The summed E-state index contributed by atoms with van der Waals surface area (Å²) in [5.41, 5.74) is 0.689. The summed E-state index contributed by atoms with van der Waals surface area (Å²) in [5.74, 6) is 0.361. The Morgan fingerprint density at radius 1 is 1.47 bits per heavy atom. The highest BCUT2D eigenvalue weighted by Crippen LogP contribution is 2.26. The lowest BCUT2D eigenvalue weighted by molar-refractivity contribution is -0.120. The number of amides is 1. The summed E-state index contributed by atoms with van der Waals surface area (Å²) in [6, 6.07) is 3.72. The first-order chi connectivity index (χ1) is 8.97. The average Bonchev–Trinajstić information content (AvgIpc) is 2.68. The van der Waals surface area contributed by atoms with Gasteiger partial charge in [-0.25, -0.2) is 4.39 Å². The summed E-state index contributed by atoms with van der Waals surface area (Å²) in [7, 11) is 0. The van der Waals surface area contributed by atoms with E-state index >= 15 is 0 Å². The summed E-state index contributed by atoms with van der Waals surface area (Å²) in [5, 5.41) is 5.69. The zero-order valence-corrected chi connectivity index (χ0v) is 12.3. The van der Waals surface area contributed by atoms with E-state index in [2.05, 4.69) is 45.4 Å². The lowest BCUT2D eigenvalue weighted by Crippen LogP contribution is -2.26. The third kappa shape index (κ3) is 3.32. The molecule has 102 valence electrons. The second kappa shape index (κ2) is 5.69. The van der Waals surface area contributed by atoms with Crippen molar-refractivity contribution in [2.75, 3.05) is 6.54 Å². The number of rotatable bonds is 3. The SMILES string of the molecule is CC(C)CN=C1NC(=O)C(c2ccc(F)cc2Br)N1. The van der Waals surface area contributed by atoms with Crippen molar-refractivity contribution in [1.82, 2.24) is 10.6 Å². The summed E-state index contributed by atoms with van der Waals surface area (Å²) >= 11 is 3.27. The lowest BCUT2D eigenvalue weighted by atomic mass is 10.1. The number of hydrogen-bond donors (Lipinski definition) is 2. The van der Waals surface area contributed by atoms with E-state index in [0.29, 0.717) is 28.5 Å². The van der Waals surface area contributed by atoms with Crippen molar-refractivity contribution >= 4 is 27.8 Å². The number of benzene rings is 1. The van der Waals surface area contributed by atoms with E-state index in [0.717, 1.165) is 0 Å². The fourth-order valence-electron chi connectivity index (χ4n) is 1.74. The van der Waals surface area contributed by atoms with E-state index < -0.39 is 6.04 Å². The van der Waals surface area contributed by atoms with Crippen LogP contribution in [-0.4, -0.2) is 18.4 Å². The molecule has 1 fully saturated rings. The predicted octanol–water partition coefficient (Wildman–Crippen LogP) is 2.36. The van der Waals surface area contributed by atoms with Gasteiger partial charge < -0.3 is 5.32 Å². The molecule has 19 heavy (non-hydrogen) atoms. The van der Waals surface area contributed by atoms with E-state index in [1.807, 2.05) is 0 Å². The fraction of sp³-hybridized carbons (Fsp3) is 0.385. The molecular weight excluding hydrogens is 313 g/mol. The number of carbonyl (C=O) groups excluding carboxylic acids is 1. The van der Waals surface area contributed by atoms with Gasteiger partial charge in [-0.05, 0) is 23.6 Å². The van der Waals surface area contributed by atoms with Crippen LogP contribution in [0, 0.1) is 11.7 Å². The summed E-state index contributed by atoms with van der Waals surface area (Å²) < 4.78 is 13.6. The molecule has 0 aromatic heterocycles. The average molecular weight is 328 g/mol. The molecule has 1 heterocycles. The minimum atomic E-state index is -0.541. The fourth-order valence-corrected chi connectivity index (χ4v) is 2.32. The number of carbonyl (C=O) groups is 1. The van der Waals surface area contributed by atoms with Crippen LogP contribution in [0.1, 0.15) is 25.5 Å². The Morgan fingerprint density at radius 2 is 2.21 bits per heavy atom. The van der Waals surface area contributed by atoms with Gasteiger partial charge in [0.05, 0.1) is 0 Å². The number of nitrogens with one attached hydrogen (secondary N) is 2. The standard InChI is InChI=1S/C13H15BrFN3O/c1-7(2)6-16-13-17-11(12(19)18-13)9-4-3-8(15)5-10(9)14/h3-5,7,11H,6H2,1-2H3,(H2,16,17,18,19). The summed E-state index contributed by atoms with van der Waals surface area (Å²) in [4.78, 5) is 16.2. The quantitative estimate of drug-likeness (QED) is 0.895. The largest absolute Gasteiger partial charge is 0.340 e. The van der Waals surface area contributed by atoms with Crippen LogP contribution >= 0.6 is 15.9 Å². The molecule has 0 spiro atoms. The Kier molecular flexibility index (Phi) is 4.19. The van der Waals surface area contributed by atoms with E-state index in [4.69, 9.17) is 0 Å². The first-order valence-corrected chi connectivity index (χ1v) is 6.83. The molecule has 1 amide bonds. The van der Waals surface area contributed by atoms with Crippen LogP contribution in [0.15, 0.2) is 27.7 Å². The van der Waals surface area contributed by atoms with Gasteiger partial charge in [0.15, 0.2) is 5.96 Å². The van der Waals surface area contributed by atoms with Gasteiger partial charge in [-0.3, -0.25) is 15.1 Å². The van der Waals surface area contributed by atoms with Crippen LogP contribution in [0.2, 0.25) is 0 Å². The van der Waals surface area contributed by atoms with Crippen molar-refractivity contribution in [1.29, 1.82) is 0 Å². The first-order valence-electron chi connectivity index (χ1n) is 6.04. The monoisotopic (exact) mass is 327 g/mol. The Balaban J connectivity index is 2.18. The van der Waals surface area contributed by atoms with Crippen LogP contribution < -0.4 is 10.6 Å². The first kappa shape index (κ1) is 14.0. The number of hydrogen-bond acceptors (Lipinski definition) is 2. The van der Waals surface area contributed by atoms with Crippen molar-refractivity contribution in [2.45, 2.75) is 19.9 Å². The lowest BCUT2D eigenvalue weighted by Gasteiger charge is -2.10. The second-order valence-corrected chi connectivity index (χ2v) is 5.67. The van der Waals surface area contributed by atoms with Crippen LogP contribution in [0.25, 0.3) is 0 Å². The van der Waals surface area contributed by atoms with Gasteiger partial charge >= 0.3 is 0 Å². The van der Waals surface area contributed by atoms with Gasteiger partial charge in [0.2, 0.25) is 0 Å². The predicted molar refractivity (Wildman–Crippen MR) is 75.3 cm³/mol. The smallest absolute Gasteiger partial charge is 0.253 e. The molecular formula is C13H15BrFN3O. The third-order valence-electron chi connectivity index (χ3n) is 2.67. The van der Waals surface area contributed by atoms with Crippen LogP contribution in [0.4, 0.5) is 4.39 Å². The molecule has 2 N–H and O–H groups in total. The zero-order valence-electron chi connectivity index (χ0n) is 10.7. The van der Waals surface area contributed by atoms with Gasteiger partial charge in [-0.2, -0.15) is 0 Å². The second-order valence-electron chi connectivity index (χ2n) is 4.82. The molecule has 1 aromatic rings. The van der Waals surface area contributed by atoms with Crippen molar-refractivity contribution in [2.24, 2.45) is 10.9 Å². The molecule has 2 rings (SSSR count). The highest BCUT2D eigenvalue weighted by Gasteiger charge is 2.31. The molecule has 1 aliphatic heterocycles. The molecule has 1 aliphatic rings. The highest BCUT2D eigenvalue weighted by molar-refractivity contribution is 9.10. The van der Waals surface area contributed by atoms with Crippen molar-refractivity contribution in [3.63, 3.8) is 0 Å². The molecule has 0 bridgehead atoms. The van der Waals surface area contributed by atoms with Gasteiger partial charge in [0.1, 0.15) is 11.9 Å². The van der Waals surface area contributed by atoms with E-state index in [9.17, 15) is 9.18 Å². The van der Waals surface area contributed by atoms with Crippen LogP contribution in [0.3, 0.4) is 0 Å². The van der Waals surface area contributed by atoms with E-state index in [1.54, 1.807) is 6.07 Å². The van der Waals surface area contributed by atoms with Gasteiger partial charge in [0, 0.05) is 11.0 Å². The van der Waals surface area contributed by atoms with Crippen LogP contribution in [0.5, 0.6) is 0 Å². The minimum absolute atomic E-state index is 0.185. The number of nitrogens with zero attached hydrogens (tertiary/aromatic N) is 1. The minimum Gasteiger partial charge on any atom is -0.340 e. The van der Waals surface area contributed by atoms with Crippen LogP contribution in [-0.2, 0) is 4.79 Å². The number of halogens is 2. The molecule has 1 aromatic carbocycles. The molecule has 0 radical (unpaired) electrons. The van der Waals surface area contributed by atoms with E-state index in [1.165, 1.54) is 12.1 Å². The molecule has 6 heteroatoms. The van der Waals surface area contributed by atoms with Gasteiger partial charge in [0.25, 0.3) is 5.91 Å². The normalized spacial score (nSPS) is 20.8. The summed E-state index contributed by atoms with van der Waals surface area (Å²) in [6.45, 7) is 4.74. The third-order valence-corrected chi connectivity index (χ3v) is 3.36. The zero-order chi connectivity index (χ0) is 14.0. The Hall–Kier alpha value is -1.43. The highest BCUT2D eigenvalue weighted by atomic mass is 79.9. The summed E-state index contributed by atoms with van der Waals surface area (Å²) in [6.07, 6.45) is 0. The number of aliphatic imine (C=N–C) groups is 1. The van der Waals surface area contributed by atoms with Gasteiger partial charge in [-0.15, -0.1) is 0 Å². The van der Waals surface area contributed by atoms with E-state index in [-0.39, 0.29) is 11.7 Å². The molecule has 1 atom stereocenters. The molecule has 0 saturated carbocycles. The maximum Gasteiger partial charge on any atom is 0.253 e. The number of guanidine groups is 1. The maximum absolute atomic E-state index is 13.0. The molecule has 1 saturated heterocycles. The Morgan fingerprint density at radius 3 is 2.84 bits per heavy atom. The molecule has 4 nitrogen and oxygen atoms in total. The topological polar surface area (TPSA) is 53.5 Å². The molecule has 0 aliphatic carbocycles. The van der Waals surface area contributed by atoms with Crippen molar-refractivity contribution in [3.05, 3.63) is 34.1 Å². The van der Waals surface area contributed by atoms with Crippen molar-refractivity contribution < 1.29 is 9.18 Å².